The molecule has 6 heteroatoms. The van der Waals surface area contributed by atoms with Crippen molar-refractivity contribution >= 4 is 17.4 Å². The molecule has 1 amide bonds. The lowest BCUT2D eigenvalue weighted by Gasteiger charge is -2.38. The van der Waals surface area contributed by atoms with E-state index in [4.69, 9.17) is 10.5 Å². The lowest BCUT2D eigenvalue weighted by Crippen LogP contribution is -2.47. The number of amides is 1. The van der Waals surface area contributed by atoms with Gasteiger partial charge in [0.2, 0.25) is 11.8 Å². The second kappa shape index (κ2) is 4.71. The summed E-state index contributed by atoms with van der Waals surface area (Å²) in [5.74, 6) is -0.200. The number of Topliss-reactive ketones (excluding diaryl/α,β-unsaturated/α-hetero) is 1. The summed E-state index contributed by atoms with van der Waals surface area (Å²) in [6, 6.07) is 9.07. The zero-order valence-electron chi connectivity index (χ0n) is 13.1. The SMILES string of the molecule is CC1CC(=O)C2=C(C1)OC(N)=C(C#N)C21C(=O)Nc2ccccc21. The first-order chi connectivity index (χ1) is 11.5. The van der Waals surface area contributed by atoms with Gasteiger partial charge in [0.1, 0.15) is 22.8 Å². The van der Waals surface area contributed by atoms with Crippen molar-refractivity contribution in [3.05, 3.63) is 52.6 Å². The van der Waals surface area contributed by atoms with Gasteiger partial charge in [0.15, 0.2) is 5.78 Å². The van der Waals surface area contributed by atoms with Crippen LogP contribution in [0.15, 0.2) is 47.1 Å². The number of hydrogen-bond acceptors (Lipinski definition) is 5. The lowest BCUT2D eigenvalue weighted by atomic mass is 9.64. The molecule has 3 aliphatic rings. The van der Waals surface area contributed by atoms with Gasteiger partial charge >= 0.3 is 0 Å². The van der Waals surface area contributed by atoms with E-state index >= 15 is 0 Å². The number of anilines is 1. The molecule has 2 aliphatic heterocycles. The average molecular weight is 321 g/mol. The highest BCUT2D eigenvalue weighted by atomic mass is 16.5. The number of fused-ring (bicyclic) bond motifs is 3. The van der Waals surface area contributed by atoms with Gasteiger partial charge in [-0.25, -0.2) is 0 Å². The molecule has 0 radical (unpaired) electrons. The first-order valence-corrected chi connectivity index (χ1v) is 7.76. The summed E-state index contributed by atoms with van der Waals surface area (Å²) in [7, 11) is 0. The van der Waals surface area contributed by atoms with E-state index in [2.05, 4.69) is 5.32 Å². The second-order valence-electron chi connectivity index (χ2n) is 6.44. The highest BCUT2D eigenvalue weighted by Gasteiger charge is 2.60. The molecule has 3 N–H and O–H groups in total. The fourth-order valence-electron chi connectivity index (χ4n) is 3.96. The summed E-state index contributed by atoms with van der Waals surface area (Å²) < 4.78 is 5.60. The van der Waals surface area contributed by atoms with Crippen molar-refractivity contribution in [1.29, 1.82) is 5.26 Å². The smallest absolute Gasteiger partial charge is 0.245 e. The van der Waals surface area contributed by atoms with E-state index in [0.29, 0.717) is 29.9 Å². The van der Waals surface area contributed by atoms with Gasteiger partial charge in [0.25, 0.3) is 0 Å². The van der Waals surface area contributed by atoms with Crippen LogP contribution in [0.3, 0.4) is 0 Å². The van der Waals surface area contributed by atoms with Crippen LogP contribution in [-0.4, -0.2) is 11.7 Å². The number of carbonyl (C=O) groups is 2. The van der Waals surface area contributed by atoms with Crippen LogP contribution in [0.25, 0.3) is 0 Å². The molecule has 0 aromatic heterocycles. The standard InChI is InChI=1S/C18H15N3O3/c1-9-6-13(22)15-14(7-9)24-16(20)11(8-19)18(15)10-4-2-3-5-12(10)21-17(18)23/h2-5,9H,6-7,20H2,1H3,(H,21,23). The topological polar surface area (TPSA) is 105 Å². The zero-order chi connectivity index (χ0) is 17.1. The molecule has 4 rings (SSSR count). The van der Waals surface area contributed by atoms with E-state index < -0.39 is 11.3 Å². The van der Waals surface area contributed by atoms with Crippen LogP contribution in [0.2, 0.25) is 0 Å². The predicted octanol–water partition coefficient (Wildman–Crippen LogP) is 1.85. The van der Waals surface area contributed by atoms with E-state index in [9.17, 15) is 14.9 Å². The molecule has 120 valence electrons. The number of rotatable bonds is 0. The van der Waals surface area contributed by atoms with Crippen molar-refractivity contribution in [2.24, 2.45) is 11.7 Å². The third-order valence-electron chi connectivity index (χ3n) is 4.89. The molecule has 6 nitrogen and oxygen atoms in total. The minimum atomic E-state index is -1.50. The molecule has 1 aliphatic carbocycles. The summed E-state index contributed by atoms with van der Waals surface area (Å²) in [6.45, 7) is 1.94. The highest BCUT2D eigenvalue weighted by molar-refractivity contribution is 6.19. The Morgan fingerprint density at radius 2 is 2.08 bits per heavy atom. The second-order valence-corrected chi connectivity index (χ2v) is 6.44. The molecule has 2 atom stereocenters. The fraction of sp³-hybridized carbons (Fsp3) is 0.278. The molecule has 2 unspecified atom stereocenters. The molecule has 0 saturated heterocycles. The van der Waals surface area contributed by atoms with Gasteiger partial charge in [-0.15, -0.1) is 0 Å². The number of allylic oxidation sites excluding steroid dienone is 1. The minimum Gasteiger partial charge on any atom is -0.444 e. The maximum absolute atomic E-state index is 13.0. The minimum absolute atomic E-state index is 0.0217. The van der Waals surface area contributed by atoms with Gasteiger partial charge in [-0.1, -0.05) is 25.1 Å². The molecule has 0 fully saturated rings. The maximum atomic E-state index is 13.0. The monoisotopic (exact) mass is 321 g/mol. The van der Waals surface area contributed by atoms with Crippen LogP contribution in [-0.2, 0) is 19.7 Å². The Morgan fingerprint density at radius 3 is 2.83 bits per heavy atom. The van der Waals surface area contributed by atoms with E-state index in [0.717, 1.165) is 0 Å². The third kappa shape index (κ3) is 1.59. The number of ketones is 1. The number of nitrogens with one attached hydrogen (secondary N) is 1. The van der Waals surface area contributed by atoms with Crippen LogP contribution in [0, 0.1) is 17.2 Å². The van der Waals surface area contributed by atoms with Crippen molar-refractivity contribution in [2.75, 3.05) is 5.32 Å². The number of nitrogens with zero attached hydrogens (tertiary/aromatic N) is 1. The Hall–Kier alpha value is -3.07. The first kappa shape index (κ1) is 14.5. The van der Waals surface area contributed by atoms with Crippen molar-refractivity contribution in [3.8, 4) is 6.07 Å². The number of ether oxygens (including phenoxy) is 1. The molecule has 0 saturated carbocycles. The molecular formula is C18H15N3O3. The summed E-state index contributed by atoms with van der Waals surface area (Å²) in [5, 5.41) is 12.5. The van der Waals surface area contributed by atoms with E-state index in [1.807, 2.05) is 13.0 Å². The number of carbonyl (C=O) groups excluding carboxylic acids is 2. The van der Waals surface area contributed by atoms with Gasteiger partial charge < -0.3 is 15.8 Å². The van der Waals surface area contributed by atoms with Crippen LogP contribution >= 0.6 is 0 Å². The van der Waals surface area contributed by atoms with Crippen molar-refractivity contribution in [2.45, 2.75) is 25.2 Å². The van der Waals surface area contributed by atoms with Crippen LogP contribution in [0.5, 0.6) is 0 Å². The highest BCUT2D eigenvalue weighted by Crippen LogP contribution is 2.54. The van der Waals surface area contributed by atoms with E-state index in [-0.39, 0.29) is 28.7 Å². The van der Waals surface area contributed by atoms with Crippen LogP contribution in [0.4, 0.5) is 5.69 Å². The van der Waals surface area contributed by atoms with E-state index in [1.54, 1.807) is 24.3 Å². The van der Waals surface area contributed by atoms with Crippen LogP contribution in [0.1, 0.15) is 25.3 Å². The predicted molar refractivity (Wildman–Crippen MR) is 85.1 cm³/mol. The van der Waals surface area contributed by atoms with E-state index in [1.165, 1.54) is 0 Å². The molecule has 1 aromatic rings. The Labute approximate surface area is 138 Å². The Kier molecular flexibility index (Phi) is 2.85. The van der Waals surface area contributed by atoms with Gasteiger partial charge in [-0.05, 0) is 12.0 Å². The number of nitrogens with two attached hydrogens (primary N) is 1. The third-order valence-corrected chi connectivity index (χ3v) is 4.89. The maximum Gasteiger partial charge on any atom is 0.245 e. The molecule has 1 spiro atoms. The number of hydrogen-bond donors (Lipinski definition) is 2. The first-order valence-electron chi connectivity index (χ1n) is 7.76. The lowest BCUT2D eigenvalue weighted by molar-refractivity contribution is -0.123. The van der Waals surface area contributed by atoms with Gasteiger partial charge in [0.05, 0.1) is 5.57 Å². The fourth-order valence-corrected chi connectivity index (χ4v) is 3.96. The number of benzene rings is 1. The number of para-hydroxylation sites is 1. The summed E-state index contributed by atoms with van der Waals surface area (Å²) >= 11 is 0. The molecular weight excluding hydrogens is 306 g/mol. The van der Waals surface area contributed by atoms with Gasteiger partial charge in [-0.3, -0.25) is 9.59 Å². The zero-order valence-corrected chi connectivity index (χ0v) is 13.1. The number of nitriles is 1. The van der Waals surface area contributed by atoms with Gasteiger partial charge in [0, 0.05) is 24.1 Å². The summed E-state index contributed by atoms with van der Waals surface area (Å²) in [4.78, 5) is 25.8. The average Bonchev–Trinajstić information content (AvgIpc) is 2.80. The quantitative estimate of drug-likeness (QED) is 0.758. The molecule has 2 heterocycles. The largest absolute Gasteiger partial charge is 0.444 e. The normalized spacial score (nSPS) is 28.2. The van der Waals surface area contributed by atoms with Gasteiger partial charge in [-0.2, -0.15) is 5.26 Å². The summed E-state index contributed by atoms with van der Waals surface area (Å²) in [6.07, 6.45) is 0.829. The molecule has 1 aromatic carbocycles. The van der Waals surface area contributed by atoms with Crippen molar-refractivity contribution < 1.29 is 14.3 Å². The Balaban J connectivity index is 2.10. The van der Waals surface area contributed by atoms with Crippen molar-refractivity contribution in [3.63, 3.8) is 0 Å². The Morgan fingerprint density at radius 1 is 1.33 bits per heavy atom. The van der Waals surface area contributed by atoms with Crippen molar-refractivity contribution in [1.82, 2.24) is 0 Å². The molecule has 0 bridgehead atoms. The molecule has 24 heavy (non-hydrogen) atoms. The summed E-state index contributed by atoms with van der Waals surface area (Å²) in [5.41, 5.74) is 5.87. The Bertz CT molecular complexity index is 906. The van der Waals surface area contributed by atoms with Crippen LogP contribution < -0.4 is 11.1 Å².